The molecule has 1 heterocycles. The third-order valence-electron chi connectivity index (χ3n) is 2.61. The summed E-state index contributed by atoms with van der Waals surface area (Å²) < 4.78 is 12.1. The van der Waals surface area contributed by atoms with Gasteiger partial charge >= 0.3 is 6.09 Å². The number of fused-ring (bicyclic) bond motifs is 1. The SMILES string of the molecule is CC1CN(C(=O)OC(C)(C)C)c2cccc(Br)c2O1. The number of halogens is 1. The van der Waals surface area contributed by atoms with Crippen molar-refractivity contribution in [1.29, 1.82) is 0 Å². The molecule has 0 radical (unpaired) electrons. The van der Waals surface area contributed by atoms with Crippen LogP contribution in [0.3, 0.4) is 0 Å². The predicted octanol–water partition coefficient (Wildman–Crippen LogP) is 3.97. The molecule has 0 saturated heterocycles. The first-order valence-corrected chi connectivity index (χ1v) is 7.03. The molecule has 1 amide bonds. The van der Waals surface area contributed by atoms with E-state index in [1.165, 1.54) is 0 Å². The molecule has 104 valence electrons. The number of carbonyl (C=O) groups excluding carboxylic acids is 1. The summed E-state index contributed by atoms with van der Waals surface area (Å²) in [6.07, 6.45) is -0.416. The fourth-order valence-electron chi connectivity index (χ4n) is 1.91. The lowest BCUT2D eigenvalue weighted by molar-refractivity contribution is 0.0552. The summed E-state index contributed by atoms with van der Waals surface area (Å²) in [7, 11) is 0. The molecule has 0 aromatic heterocycles. The first kappa shape index (κ1) is 14.2. The maximum atomic E-state index is 12.3. The maximum Gasteiger partial charge on any atom is 0.415 e. The highest BCUT2D eigenvalue weighted by molar-refractivity contribution is 9.10. The Hall–Kier alpha value is -1.23. The normalized spacial score (nSPS) is 18.6. The first-order valence-electron chi connectivity index (χ1n) is 6.23. The third-order valence-corrected chi connectivity index (χ3v) is 3.23. The molecule has 1 aliphatic heterocycles. The van der Waals surface area contributed by atoms with Crippen LogP contribution in [0.2, 0.25) is 0 Å². The smallest absolute Gasteiger partial charge is 0.415 e. The fraction of sp³-hybridized carbons (Fsp3) is 0.500. The van der Waals surface area contributed by atoms with E-state index in [2.05, 4.69) is 15.9 Å². The summed E-state index contributed by atoms with van der Waals surface area (Å²) in [6, 6.07) is 5.62. The lowest BCUT2D eigenvalue weighted by atomic mass is 10.2. The number of ether oxygens (including phenoxy) is 2. The monoisotopic (exact) mass is 327 g/mol. The van der Waals surface area contributed by atoms with Gasteiger partial charge in [-0.3, -0.25) is 4.90 Å². The van der Waals surface area contributed by atoms with Gasteiger partial charge in [-0.1, -0.05) is 6.07 Å². The molecule has 0 aliphatic carbocycles. The van der Waals surface area contributed by atoms with E-state index in [-0.39, 0.29) is 12.2 Å². The van der Waals surface area contributed by atoms with Crippen LogP contribution in [0.15, 0.2) is 22.7 Å². The van der Waals surface area contributed by atoms with E-state index in [9.17, 15) is 4.79 Å². The van der Waals surface area contributed by atoms with Crippen molar-refractivity contribution in [3.63, 3.8) is 0 Å². The van der Waals surface area contributed by atoms with Gasteiger partial charge in [0.2, 0.25) is 0 Å². The summed E-state index contributed by atoms with van der Waals surface area (Å²) in [5.41, 5.74) is 0.229. The minimum absolute atomic E-state index is 0.0706. The van der Waals surface area contributed by atoms with E-state index >= 15 is 0 Å². The Morgan fingerprint density at radius 3 is 2.79 bits per heavy atom. The van der Waals surface area contributed by atoms with Crippen LogP contribution in [0.25, 0.3) is 0 Å². The topological polar surface area (TPSA) is 38.8 Å². The highest BCUT2D eigenvalue weighted by Gasteiger charge is 2.31. The maximum absolute atomic E-state index is 12.3. The van der Waals surface area contributed by atoms with Crippen molar-refractivity contribution in [2.75, 3.05) is 11.4 Å². The molecule has 5 heteroatoms. The molecule has 1 aliphatic rings. The number of carbonyl (C=O) groups is 1. The van der Waals surface area contributed by atoms with Crippen LogP contribution < -0.4 is 9.64 Å². The highest BCUT2D eigenvalue weighted by atomic mass is 79.9. The number of para-hydroxylation sites is 1. The van der Waals surface area contributed by atoms with E-state index in [0.29, 0.717) is 12.3 Å². The van der Waals surface area contributed by atoms with E-state index < -0.39 is 5.60 Å². The molecule has 0 fully saturated rings. The Morgan fingerprint density at radius 1 is 1.47 bits per heavy atom. The largest absolute Gasteiger partial charge is 0.485 e. The number of anilines is 1. The van der Waals surface area contributed by atoms with Crippen LogP contribution >= 0.6 is 15.9 Å². The molecule has 1 atom stereocenters. The first-order chi connectivity index (χ1) is 8.78. The Balaban J connectivity index is 2.33. The molecule has 0 bridgehead atoms. The molecule has 1 unspecified atom stereocenters. The van der Waals surface area contributed by atoms with Crippen LogP contribution in [0, 0.1) is 0 Å². The van der Waals surface area contributed by atoms with Crippen molar-refractivity contribution in [2.45, 2.75) is 39.4 Å². The number of benzene rings is 1. The van der Waals surface area contributed by atoms with Gasteiger partial charge in [-0.05, 0) is 55.8 Å². The highest BCUT2D eigenvalue weighted by Crippen LogP contribution is 2.39. The number of rotatable bonds is 0. The van der Waals surface area contributed by atoms with Gasteiger partial charge in [-0.2, -0.15) is 0 Å². The molecule has 19 heavy (non-hydrogen) atoms. The Bertz CT molecular complexity index is 496. The van der Waals surface area contributed by atoms with Crippen LogP contribution in [0.1, 0.15) is 27.7 Å². The van der Waals surface area contributed by atoms with Gasteiger partial charge in [0.1, 0.15) is 11.7 Å². The van der Waals surface area contributed by atoms with Crippen LogP contribution in [0.5, 0.6) is 5.75 Å². The molecule has 1 aromatic rings. The summed E-state index contributed by atoms with van der Waals surface area (Å²) in [5, 5.41) is 0. The zero-order valence-corrected chi connectivity index (χ0v) is 13.2. The van der Waals surface area contributed by atoms with Gasteiger partial charge in [0.15, 0.2) is 5.75 Å². The summed E-state index contributed by atoms with van der Waals surface area (Å²) >= 11 is 3.44. The van der Waals surface area contributed by atoms with Crippen molar-refractivity contribution in [3.8, 4) is 5.75 Å². The van der Waals surface area contributed by atoms with Crippen molar-refractivity contribution in [1.82, 2.24) is 0 Å². The number of nitrogens with zero attached hydrogens (tertiary/aromatic N) is 1. The molecule has 1 aromatic carbocycles. The van der Waals surface area contributed by atoms with Crippen molar-refractivity contribution in [2.24, 2.45) is 0 Å². The van der Waals surface area contributed by atoms with Crippen molar-refractivity contribution in [3.05, 3.63) is 22.7 Å². The number of hydrogen-bond donors (Lipinski definition) is 0. The lowest BCUT2D eigenvalue weighted by Gasteiger charge is -2.35. The summed E-state index contributed by atoms with van der Waals surface area (Å²) in [4.78, 5) is 13.9. The van der Waals surface area contributed by atoms with Crippen LogP contribution in [-0.4, -0.2) is 24.3 Å². The summed E-state index contributed by atoms with van der Waals surface area (Å²) in [5.74, 6) is 0.687. The van der Waals surface area contributed by atoms with E-state index in [0.717, 1.165) is 10.2 Å². The lowest BCUT2D eigenvalue weighted by Crippen LogP contribution is -2.44. The van der Waals surface area contributed by atoms with E-state index in [1.54, 1.807) is 4.90 Å². The third kappa shape index (κ3) is 3.21. The molecule has 2 rings (SSSR count). The van der Waals surface area contributed by atoms with Crippen LogP contribution in [-0.2, 0) is 4.74 Å². The summed E-state index contributed by atoms with van der Waals surface area (Å²) in [6.45, 7) is 7.99. The Kier molecular flexibility index (Phi) is 3.76. The van der Waals surface area contributed by atoms with Crippen LogP contribution in [0.4, 0.5) is 10.5 Å². The van der Waals surface area contributed by atoms with Crippen molar-refractivity contribution < 1.29 is 14.3 Å². The van der Waals surface area contributed by atoms with Crippen molar-refractivity contribution >= 4 is 27.7 Å². The minimum atomic E-state index is -0.509. The molecular formula is C14H18BrNO3. The quantitative estimate of drug-likeness (QED) is 0.723. The molecular weight excluding hydrogens is 310 g/mol. The second-order valence-electron chi connectivity index (χ2n) is 5.61. The van der Waals surface area contributed by atoms with Gasteiger partial charge in [-0.25, -0.2) is 4.79 Å². The zero-order chi connectivity index (χ0) is 14.2. The number of amides is 1. The zero-order valence-electron chi connectivity index (χ0n) is 11.6. The Morgan fingerprint density at radius 2 is 2.16 bits per heavy atom. The number of hydrogen-bond acceptors (Lipinski definition) is 3. The second kappa shape index (κ2) is 5.04. The molecule has 0 N–H and O–H groups in total. The molecule has 0 spiro atoms. The minimum Gasteiger partial charge on any atom is -0.485 e. The van der Waals surface area contributed by atoms with Gasteiger partial charge in [-0.15, -0.1) is 0 Å². The molecule has 0 saturated carbocycles. The molecule has 4 nitrogen and oxygen atoms in total. The van der Waals surface area contributed by atoms with E-state index in [1.807, 2.05) is 45.9 Å². The Labute approximate surface area is 121 Å². The second-order valence-corrected chi connectivity index (χ2v) is 6.46. The fourth-order valence-corrected chi connectivity index (χ4v) is 2.36. The average molecular weight is 328 g/mol. The average Bonchev–Trinajstić information content (AvgIpc) is 2.27. The standard InChI is InChI=1S/C14H18BrNO3/c1-9-8-16(13(17)19-14(2,3)4)11-7-5-6-10(15)12(11)18-9/h5-7,9H,8H2,1-4H3. The van der Waals surface area contributed by atoms with Gasteiger partial charge in [0.25, 0.3) is 0 Å². The predicted molar refractivity (Wildman–Crippen MR) is 77.8 cm³/mol. The van der Waals surface area contributed by atoms with E-state index in [4.69, 9.17) is 9.47 Å². The van der Waals surface area contributed by atoms with Gasteiger partial charge < -0.3 is 9.47 Å². The van der Waals surface area contributed by atoms with Gasteiger partial charge in [0, 0.05) is 0 Å². The van der Waals surface area contributed by atoms with Gasteiger partial charge in [0.05, 0.1) is 16.7 Å².